The van der Waals surface area contributed by atoms with Crippen LogP contribution in [0.1, 0.15) is 43.9 Å². The average molecular weight is 416 g/mol. The van der Waals surface area contributed by atoms with E-state index in [0.29, 0.717) is 13.2 Å². The van der Waals surface area contributed by atoms with Crippen molar-refractivity contribution in [2.24, 2.45) is 11.1 Å². The van der Waals surface area contributed by atoms with Crippen molar-refractivity contribution in [2.45, 2.75) is 44.4 Å². The fraction of sp³-hybridized carbons (Fsp3) is 0.357. The highest BCUT2D eigenvalue weighted by Crippen LogP contribution is 2.46. The van der Waals surface area contributed by atoms with Crippen LogP contribution in [0.25, 0.3) is 0 Å². The van der Waals surface area contributed by atoms with Crippen LogP contribution >= 0.6 is 0 Å². The number of hydrogen-bond donors (Lipinski definition) is 1. The second-order valence-corrected chi connectivity index (χ2v) is 9.08. The lowest BCUT2D eigenvalue weighted by Crippen LogP contribution is -2.54. The molecule has 0 amide bonds. The first kappa shape index (κ1) is 21.8. The van der Waals surface area contributed by atoms with Gasteiger partial charge in [-0.2, -0.15) is 0 Å². The second kappa shape index (κ2) is 8.58. The molecule has 1 fully saturated rings. The average Bonchev–Trinajstić information content (AvgIpc) is 3.05. The molecular formula is C28H33NO2. The third kappa shape index (κ3) is 3.71. The summed E-state index contributed by atoms with van der Waals surface area (Å²) in [5, 5.41) is 0. The molecule has 2 N–H and O–H groups in total. The monoisotopic (exact) mass is 415 g/mol. The van der Waals surface area contributed by atoms with Gasteiger partial charge in [-0.3, -0.25) is 0 Å². The van der Waals surface area contributed by atoms with E-state index in [1.54, 1.807) is 0 Å². The SMILES string of the molecule is CC[C@]1(C)[C@@H](COC(c2ccccc2)(c2ccccc2)c2ccccc2)OC[C@]1(C)N. The lowest BCUT2D eigenvalue weighted by atomic mass is 9.69. The van der Waals surface area contributed by atoms with Crippen LogP contribution in [-0.2, 0) is 15.1 Å². The molecule has 1 saturated heterocycles. The topological polar surface area (TPSA) is 44.5 Å². The maximum absolute atomic E-state index is 6.98. The lowest BCUT2D eigenvalue weighted by Gasteiger charge is -2.41. The summed E-state index contributed by atoms with van der Waals surface area (Å²) in [5.74, 6) is 0. The summed E-state index contributed by atoms with van der Waals surface area (Å²) in [5.41, 5.74) is 8.65. The van der Waals surface area contributed by atoms with Crippen LogP contribution in [0.4, 0.5) is 0 Å². The number of hydrogen-bond acceptors (Lipinski definition) is 3. The van der Waals surface area contributed by atoms with Gasteiger partial charge in [0.15, 0.2) is 0 Å². The molecular weight excluding hydrogens is 382 g/mol. The zero-order chi connectivity index (χ0) is 22.0. The van der Waals surface area contributed by atoms with E-state index in [9.17, 15) is 0 Å². The molecule has 3 atom stereocenters. The summed E-state index contributed by atoms with van der Waals surface area (Å²) in [7, 11) is 0. The zero-order valence-electron chi connectivity index (χ0n) is 18.8. The van der Waals surface area contributed by atoms with E-state index in [4.69, 9.17) is 15.2 Å². The van der Waals surface area contributed by atoms with Crippen LogP contribution in [0.3, 0.4) is 0 Å². The fourth-order valence-corrected chi connectivity index (χ4v) is 4.82. The van der Waals surface area contributed by atoms with Gasteiger partial charge in [-0.25, -0.2) is 0 Å². The van der Waals surface area contributed by atoms with Gasteiger partial charge in [0.2, 0.25) is 0 Å². The van der Waals surface area contributed by atoms with E-state index in [0.717, 1.165) is 23.1 Å². The zero-order valence-corrected chi connectivity index (χ0v) is 18.8. The summed E-state index contributed by atoms with van der Waals surface area (Å²) >= 11 is 0. The quantitative estimate of drug-likeness (QED) is 0.516. The molecule has 4 rings (SSSR count). The molecule has 0 radical (unpaired) electrons. The Bertz CT molecular complexity index is 875. The van der Waals surface area contributed by atoms with E-state index in [1.165, 1.54) is 0 Å². The van der Waals surface area contributed by atoms with Gasteiger partial charge in [-0.05, 0) is 30.0 Å². The number of benzene rings is 3. The molecule has 3 aromatic carbocycles. The van der Waals surface area contributed by atoms with Crippen LogP contribution in [0.5, 0.6) is 0 Å². The van der Waals surface area contributed by atoms with Crippen molar-refractivity contribution < 1.29 is 9.47 Å². The summed E-state index contributed by atoms with van der Waals surface area (Å²) < 4.78 is 13.2. The van der Waals surface area contributed by atoms with Gasteiger partial charge in [-0.1, -0.05) is 105 Å². The first-order chi connectivity index (χ1) is 14.9. The minimum atomic E-state index is -0.741. The molecule has 3 heteroatoms. The molecule has 0 spiro atoms. The van der Waals surface area contributed by atoms with Crippen molar-refractivity contribution in [3.8, 4) is 0 Å². The molecule has 1 aliphatic heterocycles. The predicted octanol–water partition coefficient (Wildman–Crippen LogP) is 5.53. The highest BCUT2D eigenvalue weighted by atomic mass is 16.5. The molecule has 31 heavy (non-hydrogen) atoms. The Morgan fingerprint density at radius 3 is 1.65 bits per heavy atom. The smallest absolute Gasteiger partial charge is 0.143 e. The Kier molecular flexibility index (Phi) is 6.02. The van der Waals surface area contributed by atoms with Crippen molar-refractivity contribution in [1.29, 1.82) is 0 Å². The van der Waals surface area contributed by atoms with Crippen molar-refractivity contribution >= 4 is 0 Å². The van der Waals surface area contributed by atoms with Crippen LogP contribution < -0.4 is 5.73 Å². The van der Waals surface area contributed by atoms with Gasteiger partial charge < -0.3 is 15.2 Å². The van der Waals surface area contributed by atoms with Gasteiger partial charge in [0, 0.05) is 11.0 Å². The third-order valence-electron chi connectivity index (χ3n) is 7.33. The first-order valence-corrected chi connectivity index (χ1v) is 11.1. The maximum atomic E-state index is 6.98. The Labute approximate surface area is 186 Å². The van der Waals surface area contributed by atoms with Gasteiger partial charge >= 0.3 is 0 Å². The molecule has 162 valence electrons. The number of rotatable bonds is 7. The molecule has 0 bridgehead atoms. The highest BCUT2D eigenvalue weighted by Gasteiger charge is 2.53. The predicted molar refractivity (Wildman–Crippen MR) is 126 cm³/mol. The van der Waals surface area contributed by atoms with Crippen molar-refractivity contribution in [3.05, 3.63) is 108 Å². The van der Waals surface area contributed by atoms with Gasteiger partial charge in [0.1, 0.15) is 5.60 Å². The minimum absolute atomic E-state index is 0.0805. The van der Waals surface area contributed by atoms with Crippen molar-refractivity contribution in [1.82, 2.24) is 0 Å². The molecule has 3 nitrogen and oxygen atoms in total. The largest absolute Gasteiger partial charge is 0.373 e. The molecule has 1 aliphatic rings. The van der Waals surface area contributed by atoms with Crippen LogP contribution in [0.15, 0.2) is 91.0 Å². The lowest BCUT2D eigenvalue weighted by molar-refractivity contribution is -0.0726. The summed E-state index contributed by atoms with van der Waals surface area (Å²) in [4.78, 5) is 0. The maximum Gasteiger partial charge on any atom is 0.143 e. The van der Waals surface area contributed by atoms with Crippen molar-refractivity contribution in [2.75, 3.05) is 13.2 Å². The van der Waals surface area contributed by atoms with E-state index in [1.807, 2.05) is 18.2 Å². The molecule has 0 unspecified atom stereocenters. The molecule has 0 saturated carbocycles. The standard InChI is InChI=1S/C28H33NO2/c1-4-26(2)25(30-21-27(26,3)29)20-31-28(22-14-8-5-9-15-22,23-16-10-6-11-17-23)24-18-12-7-13-19-24/h5-19,25H,4,20-21,29H2,1-3H3/t25-,26-,27+/m1/s1. The van der Waals surface area contributed by atoms with Gasteiger partial charge in [-0.15, -0.1) is 0 Å². The Morgan fingerprint density at radius 2 is 1.26 bits per heavy atom. The van der Waals surface area contributed by atoms with E-state index in [-0.39, 0.29) is 17.1 Å². The second-order valence-electron chi connectivity index (χ2n) is 9.08. The summed E-state index contributed by atoms with van der Waals surface area (Å²) in [6, 6.07) is 31.4. The van der Waals surface area contributed by atoms with Gasteiger partial charge in [0.25, 0.3) is 0 Å². The molecule has 1 heterocycles. The van der Waals surface area contributed by atoms with E-state index in [2.05, 4.69) is 93.6 Å². The van der Waals surface area contributed by atoms with Gasteiger partial charge in [0.05, 0.1) is 19.3 Å². The van der Waals surface area contributed by atoms with Crippen molar-refractivity contribution in [3.63, 3.8) is 0 Å². The normalized spacial score (nSPS) is 26.1. The van der Waals surface area contributed by atoms with Crippen LogP contribution in [0, 0.1) is 5.41 Å². The summed E-state index contributed by atoms with van der Waals surface area (Å²) in [6.45, 7) is 7.50. The Balaban J connectivity index is 1.82. The number of nitrogens with two attached hydrogens (primary N) is 1. The minimum Gasteiger partial charge on any atom is -0.373 e. The first-order valence-electron chi connectivity index (χ1n) is 11.1. The third-order valence-corrected chi connectivity index (χ3v) is 7.33. The van der Waals surface area contributed by atoms with Crippen LogP contribution in [0.2, 0.25) is 0 Å². The molecule has 3 aromatic rings. The van der Waals surface area contributed by atoms with Crippen LogP contribution in [-0.4, -0.2) is 24.9 Å². The molecule has 0 aliphatic carbocycles. The molecule has 0 aromatic heterocycles. The van der Waals surface area contributed by atoms with E-state index < -0.39 is 5.60 Å². The fourth-order valence-electron chi connectivity index (χ4n) is 4.82. The Hall–Kier alpha value is -2.46. The summed E-state index contributed by atoms with van der Waals surface area (Å²) in [6.07, 6.45) is 0.853. The number of ether oxygens (including phenoxy) is 2. The highest BCUT2D eigenvalue weighted by molar-refractivity contribution is 5.47. The van der Waals surface area contributed by atoms with E-state index >= 15 is 0 Å². The Morgan fingerprint density at radius 1 is 0.839 bits per heavy atom.